The predicted molar refractivity (Wildman–Crippen MR) is 58.0 cm³/mol. The molecule has 0 heterocycles. The Morgan fingerprint density at radius 1 is 1.31 bits per heavy atom. The molecule has 1 fully saturated rings. The summed E-state index contributed by atoms with van der Waals surface area (Å²) in [4.78, 5) is 1.00. The minimum Gasteiger partial charge on any atom is -0.324 e. The van der Waals surface area contributed by atoms with E-state index in [0.717, 1.165) is 17.2 Å². The van der Waals surface area contributed by atoms with Crippen molar-refractivity contribution in [3.63, 3.8) is 0 Å². The van der Waals surface area contributed by atoms with Crippen LogP contribution in [0.15, 0.2) is 29.2 Å². The molecule has 1 aromatic carbocycles. The van der Waals surface area contributed by atoms with E-state index in [2.05, 4.69) is 24.8 Å². The SMILES string of the molecule is N[C@@H](CC1CC1)c1ccc(S)cc1. The molecule has 0 radical (unpaired) electrons. The number of thiol groups is 1. The highest BCUT2D eigenvalue weighted by atomic mass is 32.1. The van der Waals surface area contributed by atoms with E-state index in [1.807, 2.05) is 12.1 Å². The van der Waals surface area contributed by atoms with Crippen LogP contribution in [0.4, 0.5) is 0 Å². The smallest absolute Gasteiger partial charge is 0.0297 e. The zero-order valence-electron chi connectivity index (χ0n) is 7.61. The van der Waals surface area contributed by atoms with Crippen molar-refractivity contribution in [3.05, 3.63) is 29.8 Å². The van der Waals surface area contributed by atoms with Crippen molar-refractivity contribution in [1.82, 2.24) is 0 Å². The summed E-state index contributed by atoms with van der Waals surface area (Å²) >= 11 is 4.24. The molecule has 0 aliphatic heterocycles. The van der Waals surface area contributed by atoms with Gasteiger partial charge in [-0.25, -0.2) is 0 Å². The molecule has 1 atom stereocenters. The van der Waals surface area contributed by atoms with Crippen molar-refractivity contribution < 1.29 is 0 Å². The van der Waals surface area contributed by atoms with Gasteiger partial charge in [-0.15, -0.1) is 12.6 Å². The fourth-order valence-electron chi connectivity index (χ4n) is 1.57. The van der Waals surface area contributed by atoms with Crippen LogP contribution >= 0.6 is 12.6 Å². The van der Waals surface area contributed by atoms with Crippen LogP contribution in [0.3, 0.4) is 0 Å². The normalized spacial score (nSPS) is 18.6. The second-order valence-electron chi connectivity index (χ2n) is 3.88. The highest BCUT2D eigenvalue weighted by Crippen LogP contribution is 2.36. The lowest BCUT2D eigenvalue weighted by atomic mass is 10.0. The van der Waals surface area contributed by atoms with Gasteiger partial charge in [-0.2, -0.15) is 0 Å². The van der Waals surface area contributed by atoms with E-state index in [9.17, 15) is 0 Å². The fraction of sp³-hybridized carbons (Fsp3) is 0.455. The van der Waals surface area contributed by atoms with Crippen LogP contribution in [0.1, 0.15) is 30.9 Å². The zero-order valence-corrected chi connectivity index (χ0v) is 8.50. The molecule has 0 saturated heterocycles. The lowest BCUT2D eigenvalue weighted by Crippen LogP contribution is -2.10. The van der Waals surface area contributed by atoms with Gasteiger partial charge in [0.2, 0.25) is 0 Å². The Labute approximate surface area is 84.7 Å². The van der Waals surface area contributed by atoms with Crippen molar-refractivity contribution in [2.75, 3.05) is 0 Å². The van der Waals surface area contributed by atoms with Gasteiger partial charge in [0.15, 0.2) is 0 Å². The summed E-state index contributed by atoms with van der Waals surface area (Å²) in [5.41, 5.74) is 7.30. The minimum absolute atomic E-state index is 0.224. The average Bonchev–Trinajstić information content (AvgIpc) is 2.89. The maximum absolute atomic E-state index is 6.06. The number of nitrogens with two attached hydrogens (primary N) is 1. The quantitative estimate of drug-likeness (QED) is 0.709. The molecule has 0 unspecified atom stereocenters. The third-order valence-electron chi connectivity index (χ3n) is 2.61. The first kappa shape index (κ1) is 9.10. The van der Waals surface area contributed by atoms with Crippen molar-refractivity contribution in [2.24, 2.45) is 11.7 Å². The first-order chi connectivity index (χ1) is 6.25. The van der Waals surface area contributed by atoms with Crippen LogP contribution in [-0.4, -0.2) is 0 Å². The van der Waals surface area contributed by atoms with E-state index in [1.54, 1.807) is 0 Å². The molecule has 1 aromatic rings. The van der Waals surface area contributed by atoms with E-state index in [0.29, 0.717) is 0 Å². The summed E-state index contributed by atoms with van der Waals surface area (Å²) in [6.45, 7) is 0. The first-order valence-corrected chi connectivity index (χ1v) is 5.25. The maximum Gasteiger partial charge on any atom is 0.0297 e. The van der Waals surface area contributed by atoms with Crippen LogP contribution in [0.5, 0.6) is 0 Å². The van der Waals surface area contributed by atoms with E-state index >= 15 is 0 Å². The largest absolute Gasteiger partial charge is 0.324 e. The summed E-state index contributed by atoms with van der Waals surface area (Å²) in [5, 5.41) is 0. The standard InChI is InChI=1S/C11H15NS/c12-11(7-8-1-2-8)9-3-5-10(13)6-4-9/h3-6,8,11,13H,1-2,7,12H2/t11-/m0/s1. The Morgan fingerprint density at radius 2 is 1.92 bits per heavy atom. The Morgan fingerprint density at radius 3 is 2.46 bits per heavy atom. The molecule has 1 saturated carbocycles. The summed E-state index contributed by atoms with van der Waals surface area (Å²) in [6.07, 6.45) is 3.89. The van der Waals surface area contributed by atoms with Crippen molar-refractivity contribution in [1.29, 1.82) is 0 Å². The van der Waals surface area contributed by atoms with Gasteiger partial charge in [-0.1, -0.05) is 25.0 Å². The molecule has 2 rings (SSSR count). The van der Waals surface area contributed by atoms with Gasteiger partial charge in [0.1, 0.15) is 0 Å². The lowest BCUT2D eigenvalue weighted by Gasteiger charge is -2.10. The molecule has 0 aromatic heterocycles. The van der Waals surface area contributed by atoms with E-state index in [1.165, 1.54) is 18.4 Å². The van der Waals surface area contributed by atoms with Crippen molar-refractivity contribution in [2.45, 2.75) is 30.2 Å². The van der Waals surface area contributed by atoms with Crippen molar-refractivity contribution >= 4 is 12.6 Å². The van der Waals surface area contributed by atoms with Crippen LogP contribution in [0.2, 0.25) is 0 Å². The van der Waals surface area contributed by atoms with Crippen molar-refractivity contribution in [3.8, 4) is 0 Å². The summed E-state index contributed by atoms with van der Waals surface area (Å²) in [7, 11) is 0. The van der Waals surface area contributed by atoms with Crippen LogP contribution in [0.25, 0.3) is 0 Å². The van der Waals surface area contributed by atoms with E-state index < -0.39 is 0 Å². The first-order valence-electron chi connectivity index (χ1n) is 4.80. The molecule has 1 aliphatic carbocycles. The van der Waals surface area contributed by atoms with Gasteiger partial charge >= 0.3 is 0 Å². The highest BCUT2D eigenvalue weighted by molar-refractivity contribution is 7.80. The summed E-state index contributed by atoms with van der Waals surface area (Å²) in [6, 6.07) is 8.39. The van der Waals surface area contributed by atoms with E-state index in [-0.39, 0.29) is 6.04 Å². The highest BCUT2D eigenvalue weighted by Gasteiger charge is 2.24. The Kier molecular flexibility index (Phi) is 2.61. The van der Waals surface area contributed by atoms with Crippen LogP contribution < -0.4 is 5.73 Å². The molecular formula is C11H15NS. The van der Waals surface area contributed by atoms with Crippen LogP contribution in [-0.2, 0) is 0 Å². The molecule has 1 aliphatic rings. The number of rotatable bonds is 3. The third-order valence-corrected chi connectivity index (χ3v) is 2.90. The molecule has 0 spiro atoms. The van der Waals surface area contributed by atoms with Gasteiger partial charge in [0, 0.05) is 10.9 Å². The zero-order chi connectivity index (χ0) is 9.26. The second kappa shape index (κ2) is 3.72. The molecule has 0 amide bonds. The van der Waals surface area contributed by atoms with Crippen LogP contribution in [0, 0.1) is 5.92 Å². The topological polar surface area (TPSA) is 26.0 Å². The van der Waals surface area contributed by atoms with Gasteiger partial charge in [-0.3, -0.25) is 0 Å². The lowest BCUT2D eigenvalue weighted by molar-refractivity contribution is 0.597. The van der Waals surface area contributed by atoms with Gasteiger partial charge < -0.3 is 5.73 Å². The number of hydrogen-bond acceptors (Lipinski definition) is 2. The fourth-order valence-corrected chi connectivity index (χ4v) is 1.72. The number of hydrogen-bond donors (Lipinski definition) is 2. The molecule has 0 bridgehead atoms. The maximum atomic E-state index is 6.06. The van der Waals surface area contributed by atoms with E-state index in [4.69, 9.17) is 5.73 Å². The van der Waals surface area contributed by atoms with Gasteiger partial charge in [0.25, 0.3) is 0 Å². The summed E-state index contributed by atoms with van der Waals surface area (Å²) < 4.78 is 0. The second-order valence-corrected chi connectivity index (χ2v) is 4.39. The molecular weight excluding hydrogens is 178 g/mol. The minimum atomic E-state index is 0.224. The Balaban J connectivity index is 2.01. The molecule has 2 heteroatoms. The molecule has 1 nitrogen and oxygen atoms in total. The third kappa shape index (κ3) is 2.48. The molecule has 2 N–H and O–H groups in total. The monoisotopic (exact) mass is 193 g/mol. The summed E-state index contributed by atoms with van der Waals surface area (Å²) in [5.74, 6) is 0.894. The Bertz CT molecular complexity index is 277. The van der Waals surface area contributed by atoms with Gasteiger partial charge in [-0.05, 0) is 30.0 Å². The average molecular weight is 193 g/mol. The molecule has 70 valence electrons. The predicted octanol–water partition coefficient (Wildman–Crippen LogP) is 2.78. The van der Waals surface area contributed by atoms with Gasteiger partial charge in [0.05, 0.1) is 0 Å². The molecule has 13 heavy (non-hydrogen) atoms. The Hall–Kier alpha value is -0.470. The number of benzene rings is 1.